The molecule has 0 fully saturated rings. The number of benzene rings is 1. The largest absolute Gasteiger partial charge is 0.142 e. The minimum Gasteiger partial charge on any atom is -0.142 e. The zero-order chi connectivity index (χ0) is 10.1. The Labute approximate surface area is 102 Å². The van der Waals surface area contributed by atoms with Crippen LogP contribution in [0, 0.1) is 3.57 Å². The van der Waals surface area contributed by atoms with Crippen molar-refractivity contribution in [2.75, 3.05) is 0 Å². The Hall–Kier alpha value is -0.0900. The molecule has 2 heteroatoms. The SMILES string of the molecule is CCc1ccc(CC)c2c(I)csc12. The maximum atomic E-state index is 2.45. The lowest BCUT2D eigenvalue weighted by molar-refractivity contribution is 1.13. The highest BCUT2D eigenvalue weighted by atomic mass is 127. The zero-order valence-electron chi connectivity index (χ0n) is 8.43. The third-order valence-electron chi connectivity index (χ3n) is 2.61. The van der Waals surface area contributed by atoms with E-state index in [0.29, 0.717) is 0 Å². The van der Waals surface area contributed by atoms with Crippen molar-refractivity contribution < 1.29 is 0 Å². The van der Waals surface area contributed by atoms with E-state index in [9.17, 15) is 0 Å². The van der Waals surface area contributed by atoms with E-state index in [0.717, 1.165) is 12.8 Å². The Morgan fingerprint density at radius 2 is 1.79 bits per heavy atom. The van der Waals surface area contributed by atoms with Gasteiger partial charge < -0.3 is 0 Å². The lowest BCUT2D eigenvalue weighted by Gasteiger charge is -2.04. The molecule has 2 aromatic rings. The van der Waals surface area contributed by atoms with Crippen molar-refractivity contribution in [2.45, 2.75) is 26.7 Å². The van der Waals surface area contributed by atoms with Crippen LogP contribution >= 0.6 is 33.9 Å². The van der Waals surface area contributed by atoms with Crippen LogP contribution in [-0.2, 0) is 12.8 Å². The van der Waals surface area contributed by atoms with Gasteiger partial charge in [0.1, 0.15) is 0 Å². The topological polar surface area (TPSA) is 0 Å². The van der Waals surface area contributed by atoms with Crippen LogP contribution in [0.25, 0.3) is 10.1 Å². The molecule has 1 heterocycles. The van der Waals surface area contributed by atoms with Crippen LogP contribution in [0.15, 0.2) is 17.5 Å². The molecule has 0 atom stereocenters. The van der Waals surface area contributed by atoms with Crippen molar-refractivity contribution in [3.05, 3.63) is 32.2 Å². The minimum atomic E-state index is 1.13. The van der Waals surface area contributed by atoms with Crippen molar-refractivity contribution in [1.82, 2.24) is 0 Å². The van der Waals surface area contributed by atoms with E-state index in [-0.39, 0.29) is 0 Å². The molecule has 2 rings (SSSR count). The first-order chi connectivity index (χ1) is 6.77. The van der Waals surface area contributed by atoms with Gasteiger partial charge in [0.05, 0.1) is 0 Å². The number of hydrogen-bond acceptors (Lipinski definition) is 1. The Morgan fingerprint density at radius 3 is 2.43 bits per heavy atom. The van der Waals surface area contributed by atoms with E-state index in [1.807, 2.05) is 11.3 Å². The summed E-state index contributed by atoms with van der Waals surface area (Å²) in [4.78, 5) is 0. The second-order valence-electron chi connectivity index (χ2n) is 3.38. The zero-order valence-corrected chi connectivity index (χ0v) is 11.4. The average molecular weight is 316 g/mol. The second kappa shape index (κ2) is 4.19. The van der Waals surface area contributed by atoms with E-state index < -0.39 is 0 Å². The van der Waals surface area contributed by atoms with Gasteiger partial charge in [0.25, 0.3) is 0 Å². The molecular weight excluding hydrogens is 303 g/mol. The smallest absolute Gasteiger partial charge is 0.0388 e. The summed E-state index contributed by atoms with van der Waals surface area (Å²) in [5.41, 5.74) is 2.98. The molecule has 0 aliphatic carbocycles. The first-order valence-corrected chi connectivity index (χ1v) is 6.91. The van der Waals surface area contributed by atoms with Crippen molar-refractivity contribution >= 4 is 44.0 Å². The number of halogens is 1. The minimum absolute atomic E-state index is 1.13. The van der Waals surface area contributed by atoms with Gasteiger partial charge in [0.15, 0.2) is 0 Å². The first kappa shape index (κ1) is 10.4. The van der Waals surface area contributed by atoms with Crippen LogP contribution in [0.1, 0.15) is 25.0 Å². The van der Waals surface area contributed by atoms with Crippen molar-refractivity contribution in [1.29, 1.82) is 0 Å². The predicted molar refractivity (Wildman–Crippen MR) is 73.3 cm³/mol. The highest BCUT2D eigenvalue weighted by molar-refractivity contribution is 14.1. The highest BCUT2D eigenvalue weighted by Crippen LogP contribution is 2.33. The van der Waals surface area contributed by atoms with Gasteiger partial charge in [-0.15, -0.1) is 11.3 Å². The molecule has 0 saturated carbocycles. The molecule has 0 aliphatic heterocycles. The van der Waals surface area contributed by atoms with Crippen LogP contribution < -0.4 is 0 Å². The summed E-state index contributed by atoms with van der Waals surface area (Å²) in [5.74, 6) is 0. The summed E-state index contributed by atoms with van der Waals surface area (Å²) in [5, 5.41) is 3.77. The molecule has 14 heavy (non-hydrogen) atoms. The molecule has 0 unspecified atom stereocenters. The van der Waals surface area contributed by atoms with Gasteiger partial charge in [-0.25, -0.2) is 0 Å². The maximum absolute atomic E-state index is 2.45. The third kappa shape index (κ3) is 1.58. The molecule has 0 N–H and O–H groups in total. The molecule has 0 radical (unpaired) electrons. The molecule has 0 bridgehead atoms. The summed E-state index contributed by atoms with van der Waals surface area (Å²) in [6, 6.07) is 4.57. The van der Waals surface area contributed by atoms with E-state index in [1.54, 1.807) is 0 Å². The molecule has 0 amide bonds. The molecule has 74 valence electrons. The summed E-state index contributed by atoms with van der Waals surface area (Å²) < 4.78 is 2.91. The van der Waals surface area contributed by atoms with Gasteiger partial charge in [-0.3, -0.25) is 0 Å². The van der Waals surface area contributed by atoms with E-state index in [2.05, 4.69) is 54.0 Å². The fraction of sp³-hybridized carbons (Fsp3) is 0.333. The molecule has 0 aliphatic rings. The summed E-state index contributed by atoms with van der Waals surface area (Å²) in [7, 11) is 0. The van der Waals surface area contributed by atoms with Crippen molar-refractivity contribution in [2.24, 2.45) is 0 Å². The molecule has 1 aromatic heterocycles. The number of thiophene rings is 1. The lowest BCUT2D eigenvalue weighted by atomic mass is 10.0. The summed E-state index contributed by atoms with van der Waals surface area (Å²) >= 11 is 4.33. The number of hydrogen-bond donors (Lipinski definition) is 0. The Bertz CT molecular complexity index is 457. The average Bonchev–Trinajstić information content (AvgIpc) is 2.60. The van der Waals surface area contributed by atoms with Crippen LogP contribution in [0.5, 0.6) is 0 Å². The van der Waals surface area contributed by atoms with E-state index >= 15 is 0 Å². The molecule has 0 spiro atoms. The fourth-order valence-corrected chi connectivity index (χ4v) is 4.05. The Balaban J connectivity index is 2.81. The van der Waals surface area contributed by atoms with Crippen LogP contribution in [0.2, 0.25) is 0 Å². The normalized spacial score (nSPS) is 11.1. The second-order valence-corrected chi connectivity index (χ2v) is 5.42. The van der Waals surface area contributed by atoms with Gasteiger partial charge in [0, 0.05) is 19.0 Å². The standard InChI is InChI=1S/C12H13IS/c1-3-8-5-6-9(4-2)12-11(8)10(13)7-14-12/h5-7H,3-4H2,1-2H3. The fourth-order valence-electron chi connectivity index (χ4n) is 1.81. The number of rotatable bonds is 2. The van der Waals surface area contributed by atoms with Gasteiger partial charge in [-0.05, 0) is 46.6 Å². The van der Waals surface area contributed by atoms with Crippen molar-refractivity contribution in [3.63, 3.8) is 0 Å². The quantitative estimate of drug-likeness (QED) is 0.709. The predicted octanol–water partition coefficient (Wildman–Crippen LogP) is 4.63. The highest BCUT2D eigenvalue weighted by Gasteiger charge is 2.08. The summed E-state index contributed by atoms with van der Waals surface area (Å²) in [6.45, 7) is 4.46. The monoisotopic (exact) mass is 316 g/mol. The van der Waals surface area contributed by atoms with Gasteiger partial charge in [-0.2, -0.15) is 0 Å². The van der Waals surface area contributed by atoms with Gasteiger partial charge in [-0.1, -0.05) is 26.0 Å². The van der Waals surface area contributed by atoms with Crippen molar-refractivity contribution in [3.8, 4) is 0 Å². The third-order valence-corrected chi connectivity index (χ3v) is 4.94. The molecular formula is C12H13IS. The number of aryl methyl sites for hydroxylation is 2. The maximum Gasteiger partial charge on any atom is 0.0388 e. The molecule has 0 saturated heterocycles. The van der Waals surface area contributed by atoms with Crippen LogP contribution in [0.4, 0.5) is 0 Å². The first-order valence-electron chi connectivity index (χ1n) is 4.95. The molecule has 1 aromatic carbocycles. The van der Waals surface area contributed by atoms with E-state index in [1.165, 1.54) is 24.8 Å². The van der Waals surface area contributed by atoms with Gasteiger partial charge in [0.2, 0.25) is 0 Å². The number of fused-ring (bicyclic) bond motifs is 1. The molecule has 0 nitrogen and oxygen atoms in total. The van der Waals surface area contributed by atoms with Crippen LogP contribution in [0.3, 0.4) is 0 Å². The van der Waals surface area contributed by atoms with Crippen LogP contribution in [-0.4, -0.2) is 0 Å². The Kier molecular flexibility index (Phi) is 3.12. The summed E-state index contributed by atoms with van der Waals surface area (Å²) in [6.07, 6.45) is 2.27. The van der Waals surface area contributed by atoms with Gasteiger partial charge >= 0.3 is 0 Å². The van der Waals surface area contributed by atoms with E-state index in [4.69, 9.17) is 0 Å². The lowest BCUT2D eigenvalue weighted by Crippen LogP contribution is -1.86. The Morgan fingerprint density at radius 1 is 1.14 bits per heavy atom.